The summed E-state index contributed by atoms with van der Waals surface area (Å²) in [6.07, 6.45) is 2.66. The average molecular weight is 775 g/mol. The Hall–Kier alpha value is -4.27. The first-order valence-corrected chi connectivity index (χ1v) is 20.2. The number of rotatable bonds is 6. The molecule has 3 aromatic heterocycles. The van der Waals surface area contributed by atoms with Crippen molar-refractivity contribution in [2.75, 3.05) is 20.3 Å². The molecule has 0 spiro atoms. The Morgan fingerprint density at radius 1 is 1.20 bits per heavy atom. The lowest BCUT2D eigenvalue weighted by molar-refractivity contribution is -0.155. The van der Waals surface area contributed by atoms with Gasteiger partial charge in [-0.2, -0.15) is 0 Å². The lowest BCUT2D eigenvalue weighted by Crippen LogP contribution is -2.60. The van der Waals surface area contributed by atoms with Crippen LogP contribution in [-0.2, 0) is 43.2 Å². The number of hydrogen-bond acceptors (Lipinski definition) is 9. The summed E-state index contributed by atoms with van der Waals surface area (Å²) in [7, 11) is 1.68. The fourth-order valence-corrected chi connectivity index (χ4v) is 9.85. The number of amides is 2. The molecule has 6 bridgehead atoms. The lowest BCUT2D eigenvalue weighted by Gasteiger charge is -2.35. The van der Waals surface area contributed by atoms with Gasteiger partial charge in [0.25, 0.3) is 5.91 Å². The molecular formula is C41H48F2N6O5S. The summed E-state index contributed by atoms with van der Waals surface area (Å²) < 4.78 is 42.0. The number of aryl methyl sites for hydroxylation is 1. The van der Waals surface area contributed by atoms with Crippen molar-refractivity contribution >= 4 is 40.0 Å². The van der Waals surface area contributed by atoms with E-state index in [-0.39, 0.29) is 49.7 Å². The molecule has 2 amide bonds. The van der Waals surface area contributed by atoms with E-state index in [0.29, 0.717) is 37.4 Å². The number of ether oxygens (including phenoxy) is 2. The van der Waals surface area contributed by atoms with Crippen LogP contribution in [0.15, 0.2) is 41.9 Å². The van der Waals surface area contributed by atoms with E-state index >= 15 is 0 Å². The van der Waals surface area contributed by atoms with E-state index in [1.165, 1.54) is 16.3 Å². The van der Waals surface area contributed by atoms with Gasteiger partial charge in [-0.25, -0.2) is 19.2 Å². The Morgan fingerprint density at radius 3 is 2.73 bits per heavy atom. The van der Waals surface area contributed by atoms with Gasteiger partial charge < -0.3 is 19.4 Å². The van der Waals surface area contributed by atoms with E-state index in [4.69, 9.17) is 19.4 Å². The first-order valence-electron chi connectivity index (χ1n) is 19.3. The van der Waals surface area contributed by atoms with Crippen LogP contribution in [0.1, 0.15) is 75.7 Å². The van der Waals surface area contributed by atoms with E-state index < -0.39 is 41.2 Å². The summed E-state index contributed by atoms with van der Waals surface area (Å²) in [5, 5.41) is 7.98. The third-order valence-corrected chi connectivity index (χ3v) is 12.7. The van der Waals surface area contributed by atoms with Crippen LogP contribution in [-0.4, -0.2) is 75.6 Å². The van der Waals surface area contributed by atoms with Crippen molar-refractivity contribution in [3.05, 3.63) is 58.2 Å². The molecule has 2 aliphatic heterocycles. The van der Waals surface area contributed by atoms with Gasteiger partial charge in [-0.15, -0.1) is 11.3 Å². The number of esters is 1. The summed E-state index contributed by atoms with van der Waals surface area (Å²) in [5.74, 6) is -5.27. The van der Waals surface area contributed by atoms with Crippen molar-refractivity contribution in [2.24, 2.45) is 23.2 Å². The molecule has 292 valence electrons. The van der Waals surface area contributed by atoms with Crippen LogP contribution >= 0.6 is 11.3 Å². The third kappa shape index (κ3) is 7.17. The van der Waals surface area contributed by atoms with Gasteiger partial charge >= 0.3 is 5.97 Å². The average Bonchev–Trinajstić information content (AvgIpc) is 3.44. The molecule has 11 nitrogen and oxygen atoms in total. The highest BCUT2D eigenvalue weighted by atomic mass is 32.1. The zero-order valence-electron chi connectivity index (χ0n) is 31.9. The number of hydrazine groups is 1. The van der Waals surface area contributed by atoms with Crippen molar-refractivity contribution in [3.63, 3.8) is 0 Å². The first-order chi connectivity index (χ1) is 26.3. The molecule has 0 radical (unpaired) electrons. The maximum Gasteiger partial charge on any atom is 0.324 e. The predicted octanol–water partition coefficient (Wildman–Crippen LogP) is 6.49. The normalized spacial score (nSPS) is 26.6. The van der Waals surface area contributed by atoms with Crippen LogP contribution in [0, 0.1) is 23.2 Å². The number of methoxy groups -OCH3 is 1. The number of carbonyl (C=O) groups is 3. The van der Waals surface area contributed by atoms with Crippen molar-refractivity contribution in [1.82, 2.24) is 30.3 Å². The van der Waals surface area contributed by atoms with Crippen LogP contribution in [0.2, 0.25) is 0 Å². The molecule has 1 unspecified atom stereocenters. The van der Waals surface area contributed by atoms with Gasteiger partial charge in [-0.3, -0.25) is 24.4 Å². The van der Waals surface area contributed by atoms with Crippen molar-refractivity contribution < 1.29 is 32.6 Å². The number of aromatic nitrogens is 3. The number of carbonyl (C=O) groups excluding carboxylic acids is 3. The molecule has 5 heterocycles. The maximum absolute atomic E-state index is 14.2. The van der Waals surface area contributed by atoms with Crippen molar-refractivity contribution in [3.8, 4) is 22.5 Å². The molecule has 1 aromatic carbocycles. The summed E-state index contributed by atoms with van der Waals surface area (Å²) in [4.78, 5) is 51.1. The second kappa shape index (κ2) is 14.3. The summed E-state index contributed by atoms with van der Waals surface area (Å²) in [6, 6.07) is 8.59. The smallest absolute Gasteiger partial charge is 0.324 e. The van der Waals surface area contributed by atoms with E-state index in [2.05, 4.69) is 60.3 Å². The van der Waals surface area contributed by atoms with E-state index in [9.17, 15) is 23.2 Å². The fourth-order valence-electron chi connectivity index (χ4n) is 9.00. The second-order valence-corrected chi connectivity index (χ2v) is 17.3. The standard InChI is InChI=1S/C41H48F2N6O5S/c1-6-48-32-12-11-23-15-25(32)28(36(48)24-9-7-13-44-35(24)22(2)53-5)17-40(3,4)21-54-39(52)29-10-8-14-49(47-29)38(51)30(16-33-45-31(23)20-55-33)46-37(50)34-26-18-41(42,43)19-27(26)34/h7,9,11-13,15,20,22,26-27,29-30,34,47H,6,8,10,14,16-19,21H2,1-5H3,(H,46,50)/t22-,26-,27+,29-,30-,34?/m0/s1. The number of hydrogen-bond donors (Lipinski definition) is 2. The molecule has 2 aliphatic carbocycles. The Morgan fingerprint density at radius 2 is 1.98 bits per heavy atom. The third-order valence-electron chi connectivity index (χ3n) is 11.9. The second-order valence-electron chi connectivity index (χ2n) is 16.4. The van der Waals surface area contributed by atoms with Crippen LogP contribution < -0.4 is 10.7 Å². The topological polar surface area (TPSA) is 128 Å². The molecule has 4 aromatic rings. The molecule has 14 heteroatoms. The summed E-state index contributed by atoms with van der Waals surface area (Å²) in [6.45, 7) is 9.46. The molecule has 4 aliphatic rings. The summed E-state index contributed by atoms with van der Waals surface area (Å²) in [5.41, 5.74) is 9.25. The maximum atomic E-state index is 14.2. The number of benzene rings is 1. The highest BCUT2D eigenvalue weighted by Gasteiger charge is 2.65. The largest absolute Gasteiger partial charge is 0.464 e. The Bertz CT molecular complexity index is 2140. The minimum absolute atomic E-state index is 0.111. The van der Waals surface area contributed by atoms with E-state index in [0.717, 1.165) is 44.7 Å². The number of pyridine rings is 1. The Labute approximate surface area is 323 Å². The van der Waals surface area contributed by atoms with Gasteiger partial charge in [-0.05, 0) is 74.8 Å². The minimum Gasteiger partial charge on any atom is -0.464 e. The lowest BCUT2D eigenvalue weighted by atomic mass is 9.84. The van der Waals surface area contributed by atoms with Crippen LogP contribution in [0.4, 0.5) is 8.78 Å². The van der Waals surface area contributed by atoms with Crippen LogP contribution in [0.3, 0.4) is 0 Å². The van der Waals surface area contributed by atoms with Gasteiger partial charge in [0.1, 0.15) is 12.1 Å². The molecule has 2 saturated carbocycles. The highest BCUT2D eigenvalue weighted by molar-refractivity contribution is 7.10. The molecule has 1 saturated heterocycles. The van der Waals surface area contributed by atoms with Gasteiger partial charge in [0.05, 0.1) is 34.8 Å². The predicted molar refractivity (Wildman–Crippen MR) is 204 cm³/mol. The number of thiazole rings is 1. The number of nitrogens with one attached hydrogen (secondary N) is 2. The fraction of sp³-hybridized carbons (Fsp3) is 0.537. The van der Waals surface area contributed by atoms with Gasteiger partial charge in [0.15, 0.2) is 0 Å². The first kappa shape index (κ1) is 37.6. The zero-order valence-corrected chi connectivity index (χ0v) is 32.7. The molecule has 3 fully saturated rings. The van der Waals surface area contributed by atoms with E-state index in [1.54, 1.807) is 13.3 Å². The van der Waals surface area contributed by atoms with E-state index in [1.807, 2.05) is 18.4 Å². The Balaban J connectivity index is 1.20. The zero-order chi connectivity index (χ0) is 38.8. The molecule has 6 atom stereocenters. The Kier molecular flexibility index (Phi) is 9.82. The van der Waals surface area contributed by atoms with Crippen LogP contribution in [0.25, 0.3) is 33.4 Å². The summed E-state index contributed by atoms with van der Waals surface area (Å²) >= 11 is 1.40. The SMILES string of the molecule is CCn1c(-c2cccnc2[C@H](C)OC)c2c3cc(ccc31)-c1csc(n1)C[C@H](NC(=O)C1[C@H]3CC(F)(F)C[C@@H]13)C(=O)N1CCC[C@H](N1)C(=O)OCC(C)(C)C2. The molecule has 2 N–H and O–H groups in total. The van der Waals surface area contributed by atoms with Gasteiger partial charge in [0, 0.05) is 84.4 Å². The number of nitrogens with zero attached hydrogens (tertiary/aromatic N) is 4. The minimum atomic E-state index is -2.75. The van der Waals surface area contributed by atoms with Crippen LogP contribution in [0.5, 0.6) is 0 Å². The number of alkyl halides is 2. The monoisotopic (exact) mass is 774 g/mol. The number of fused-ring (bicyclic) bond motifs is 7. The van der Waals surface area contributed by atoms with Crippen molar-refractivity contribution in [1.29, 1.82) is 0 Å². The van der Waals surface area contributed by atoms with Gasteiger partial charge in [-0.1, -0.05) is 19.9 Å². The van der Waals surface area contributed by atoms with Gasteiger partial charge in [0.2, 0.25) is 11.8 Å². The molecular weight excluding hydrogens is 727 g/mol. The molecule has 55 heavy (non-hydrogen) atoms. The number of halogens is 2. The highest BCUT2D eigenvalue weighted by Crippen LogP contribution is 2.62. The number of cyclic esters (lactones) is 1. The quantitative estimate of drug-likeness (QED) is 0.213. The molecule has 8 rings (SSSR count). The van der Waals surface area contributed by atoms with Crippen molar-refractivity contribution in [2.45, 2.75) is 96.9 Å².